The normalized spacial score (nSPS) is 10.7. The van der Waals surface area contributed by atoms with E-state index in [2.05, 4.69) is 10.2 Å². The van der Waals surface area contributed by atoms with Gasteiger partial charge in [-0.05, 0) is 13.0 Å². The van der Waals surface area contributed by atoms with E-state index in [9.17, 15) is 14.9 Å². The molecule has 10 heteroatoms. The van der Waals surface area contributed by atoms with Crippen molar-refractivity contribution >= 4 is 23.6 Å². The van der Waals surface area contributed by atoms with Crippen molar-refractivity contribution < 1.29 is 19.2 Å². The van der Waals surface area contributed by atoms with Gasteiger partial charge in [-0.1, -0.05) is 11.8 Å². The van der Waals surface area contributed by atoms with Crippen LogP contribution in [-0.4, -0.2) is 36.5 Å². The highest BCUT2D eigenvalue weighted by molar-refractivity contribution is 7.99. The first-order valence-corrected chi connectivity index (χ1v) is 6.54. The van der Waals surface area contributed by atoms with Crippen molar-refractivity contribution in [2.24, 2.45) is 0 Å². The Hall–Kier alpha value is -2.36. The van der Waals surface area contributed by atoms with Crippen LogP contribution in [0.4, 0.5) is 5.88 Å². The number of hydrogen-bond acceptors (Lipinski definition) is 7. The Labute approximate surface area is 116 Å². The van der Waals surface area contributed by atoms with Crippen LogP contribution in [0.5, 0.6) is 0 Å². The molecule has 0 saturated carbocycles. The first-order valence-electron chi connectivity index (χ1n) is 5.55. The summed E-state index contributed by atoms with van der Waals surface area (Å²) in [6.45, 7) is 2.31. The minimum Gasteiger partial charge on any atom is -0.481 e. The highest BCUT2D eigenvalue weighted by Crippen LogP contribution is 2.27. The summed E-state index contributed by atoms with van der Waals surface area (Å²) < 4.78 is 6.70. The Morgan fingerprint density at radius 2 is 2.30 bits per heavy atom. The third-order valence-electron chi connectivity index (χ3n) is 2.35. The maximum absolute atomic E-state index is 10.6. The van der Waals surface area contributed by atoms with Gasteiger partial charge in [-0.2, -0.15) is 0 Å². The van der Waals surface area contributed by atoms with E-state index in [-0.39, 0.29) is 17.4 Å². The minimum atomic E-state index is -0.962. The number of carboxylic acids is 1. The molecule has 0 unspecified atom stereocenters. The van der Waals surface area contributed by atoms with Crippen molar-refractivity contribution in [3.63, 3.8) is 0 Å². The van der Waals surface area contributed by atoms with Crippen LogP contribution in [0, 0.1) is 10.1 Å². The zero-order valence-electron chi connectivity index (χ0n) is 10.3. The number of carbonyl (C=O) groups is 1. The monoisotopic (exact) mass is 298 g/mol. The summed E-state index contributed by atoms with van der Waals surface area (Å²) in [5.41, 5.74) is 0. The number of carboxylic acid groups (broad SMARTS) is 1. The van der Waals surface area contributed by atoms with Crippen LogP contribution in [0.15, 0.2) is 21.7 Å². The lowest BCUT2D eigenvalue weighted by atomic mass is 10.4. The predicted molar refractivity (Wildman–Crippen MR) is 68.4 cm³/mol. The van der Waals surface area contributed by atoms with E-state index in [1.165, 1.54) is 12.1 Å². The van der Waals surface area contributed by atoms with Gasteiger partial charge in [0.15, 0.2) is 10.9 Å². The number of nitro groups is 1. The number of thioether (sulfide) groups is 1. The predicted octanol–water partition coefficient (Wildman–Crippen LogP) is 1.64. The van der Waals surface area contributed by atoms with Crippen molar-refractivity contribution in [2.75, 3.05) is 5.75 Å². The molecule has 0 aromatic carbocycles. The van der Waals surface area contributed by atoms with Gasteiger partial charge < -0.3 is 9.52 Å². The van der Waals surface area contributed by atoms with Crippen LogP contribution in [-0.2, 0) is 11.3 Å². The molecule has 0 aliphatic rings. The Balaban J connectivity index is 2.31. The second-order valence-electron chi connectivity index (χ2n) is 3.63. The quantitative estimate of drug-likeness (QED) is 0.484. The molecule has 0 atom stereocenters. The van der Waals surface area contributed by atoms with E-state index in [0.29, 0.717) is 17.5 Å². The fraction of sp³-hybridized carbons (Fsp3) is 0.300. The molecule has 2 heterocycles. The zero-order valence-corrected chi connectivity index (χ0v) is 11.2. The van der Waals surface area contributed by atoms with E-state index < -0.39 is 10.9 Å². The molecule has 0 fully saturated rings. The lowest BCUT2D eigenvalue weighted by Gasteiger charge is -2.03. The molecule has 1 N–H and O–H groups in total. The molecule has 0 bridgehead atoms. The molecule has 2 rings (SSSR count). The van der Waals surface area contributed by atoms with Crippen molar-refractivity contribution in [3.05, 3.63) is 22.2 Å². The second kappa shape index (κ2) is 5.74. The van der Waals surface area contributed by atoms with E-state index in [4.69, 9.17) is 9.52 Å². The molecule has 0 amide bonds. The van der Waals surface area contributed by atoms with Gasteiger partial charge in [0.1, 0.15) is 4.92 Å². The zero-order chi connectivity index (χ0) is 14.7. The molecule has 0 saturated heterocycles. The topological polar surface area (TPSA) is 124 Å². The van der Waals surface area contributed by atoms with Gasteiger partial charge in [0.25, 0.3) is 0 Å². The first-order chi connectivity index (χ1) is 9.52. The summed E-state index contributed by atoms with van der Waals surface area (Å²) in [5.74, 6) is -0.945. The van der Waals surface area contributed by atoms with Crippen LogP contribution in [0.2, 0.25) is 0 Å². The summed E-state index contributed by atoms with van der Waals surface area (Å²) in [7, 11) is 0. The van der Waals surface area contributed by atoms with Crippen LogP contribution < -0.4 is 0 Å². The molecular formula is C10H10N4O5S. The summed E-state index contributed by atoms with van der Waals surface area (Å²) in [4.78, 5) is 20.5. The molecule has 0 aliphatic carbocycles. The Morgan fingerprint density at radius 1 is 1.55 bits per heavy atom. The minimum absolute atomic E-state index is 0.142. The number of rotatable bonds is 6. The maximum Gasteiger partial charge on any atom is 0.433 e. The molecule has 2 aromatic rings. The van der Waals surface area contributed by atoms with Crippen LogP contribution in [0.25, 0.3) is 11.6 Å². The Morgan fingerprint density at radius 3 is 2.85 bits per heavy atom. The van der Waals surface area contributed by atoms with Gasteiger partial charge in [-0.15, -0.1) is 10.2 Å². The third-order valence-corrected chi connectivity index (χ3v) is 3.30. The number of nitrogens with zero attached hydrogens (tertiary/aromatic N) is 4. The van der Waals surface area contributed by atoms with E-state index >= 15 is 0 Å². The number of furan rings is 1. The van der Waals surface area contributed by atoms with E-state index in [0.717, 1.165) is 11.8 Å². The number of hydrogen-bond donors (Lipinski definition) is 1. The molecular weight excluding hydrogens is 288 g/mol. The van der Waals surface area contributed by atoms with Crippen molar-refractivity contribution in [1.82, 2.24) is 14.8 Å². The number of aliphatic carboxylic acids is 1. The van der Waals surface area contributed by atoms with Gasteiger partial charge in [0.05, 0.1) is 11.8 Å². The fourth-order valence-corrected chi connectivity index (χ4v) is 2.26. The smallest absolute Gasteiger partial charge is 0.433 e. The second-order valence-corrected chi connectivity index (χ2v) is 4.57. The van der Waals surface area contributed by atoms with Gasteiger partial charge in [-0.25, -0.2) is 0 Å². The summed E-state index contributed by atoms with van der Waals surface area (Å²) in [6, 6.07) is 2.66. The average Bonchev–Trinajstić information content (AvgIpc) is 3.02. The molecule has 0 radical (unpaired) electrons. The fourth-order valence-electron chi connectivity index (χ4n) is 1.54. The van der Waals surface area contributed by atoms with Crippen LogP contribution >= 0.6 is 11.8 Å². The average molecular weight is 298 g/mol. The van der Waals surface area contributed by atoms with Crippen molar-refractivity contribution in [2.45, 2.75) is 18.6 Å². The SMILES string of the molecule is CCn1c(SCC(=O)O)nnc1-c1ccc([N+](=O)[O-])o1. The van der Waals surface area contributed by atoms with Gasteiger partial charge >= 0.3 is 11.9 Å². The van der Waals surface area contributed by atoms with E-state index in [1.54, 1.807) is 4.57 Å². The Bertz CT molecular complexity index is 650. The summed E-state index contributed by atoms with van der Waals surface area (Å²) in [5, 5.41) is 27.4. The standard InChI is InChI=1S/C10H10N4O5S/c1-2-13-9(6-3-4-7(19-6)14(17)18)11-12-10(13)20-5-8(15)16/h3-4H,2,5H2,1H3,(H,15,16). The first kappa shape index (κ1) is 14.1. The van der Waals surface area contributed by atoms with Gasteiger partial charge in [0, 0.05) is 6.54 Å². The molecule has 0 spiro atoms. The molecule has 0 aliphatic heterocycles. The Kier molecular flexibility index (Phi) is 4.03. The van der Waals surface area contributed by atoms with Crippen LogP contribution in [0.3, 0.4) is 0 Å². The van der Waals surface area contributed by atoms with Crippen LogP contribution in [0.1, 0.15) is 6.92 Å². The van der Waals surface area contributed by atoms with E-state index in [1.807, 2.05) is 6.92 Å². The van der Waals surface area contributed by atoms with Gasteiger partial charge in [0.2, 0.25) is 5.82 Å². The lowest BCUT2D eigenvalue weighted by Crippen LogP contribution is -2.03. The third kappa shape index (κ3) is 2.79. The maximum atomic E-state index is 10.6. The molecule has 20 heavy (non-hydrogen) atoms. The molecule has 106 valence electrons. The van der Waals surface area contributed by atoms with Crippen molar-refractivity contribution in [3.8, 4) is 11.6 Å². The molecule has 2 aromatic heterocycles. The van der Waals surface area contributed by atoms with Gasteiger partial charge in [-0.3, -0.25) is 19.5 Å². The van der Waals surface area contributed by atoms with Crippen molar-refractivity contribution in [1.29, 1.82) is 0 Å². The number of aromatic nitrogens is 3. The largest absolute Gasteiger partial charge is 0.481 e. The highest BCUT2D eigenvalue weighted by Gasteiger charge is 2.20. The molecule has 9 nitrogen and oxygen atoms in total. The highest BCUT2D eigenvalue weighted by atomic mass is 32.2. The lowest BCUT2D eigenvalue weighted by molar-refractivity contribution is -0.401. The summed E-state index contributed by atoms with van der Waals surface area (Å²) in [6.07, 6.45) is 0. The summed E-state index contributed by atoms with van der Waals surface area (Å²) >= 11 is 1.02.